The first-order valence-corrected chi connectivity index (χ1v) is 8.04. The zero-order chi connectivity index (χ0) is 18.7. The maximum Gasteiger partial charge on any atom is 0.333 e. The number of nitrogens with zero attached hydrogens (tertiary/aromatic N) is 1. The summed E-state index contributed by atoms with van der Waals surface area (Å²) >= 11 is 0. The van der Waals surface area contributed by atoms with Gasteiger partial charge in [-0.15, -0.1) is 0 Å². The highest BCUT2D eigenvalue weighted by molar-refractivity contribution is 5.72. The van der Waals surface area contributed by atoms with Crippen LogP contribution >= 0.6 is 0 Å². The normalized spacial score (nSPS) is 11.4. The minimum absolute atomic E-state index is 0.338. The molecule has 2 aromatic rings. The monoisotopic (exact) mass is 345 g/mol. The Morgan fingerprint density at radius 3 is 2.04 bits per heavy atom. The lowest BCUT2D eigenvalue weighted by molar-refractivity contribution is -0.148. The molecular formula is C20H27NO4. The van der Waals surface area contributed by atoms with E-state index in [1.807, 2.05) is 80.6 Å². The summed E-state index contributed by atoms with van der Waals surface area (Å²) in [6.07, 6.45) is -0.480. The van der Waals surface area contributed by atoms with Crippen LogP contribution in [0.2, 0.25) is 0 Å². The molecule has 0 aliphatic heterocycles. The standard InChI is InChI=1S/C17H18O4.C3H9N/c1-20-16(17(18)19)11-13-7-9-15(10-8-13)21-12-14-5-3-2-4-6-14;1-4(2)3/h2-10,16H,11-12H2,1H3,(H,18,19);1-3H3. The highest BCUT2D eigenvalue weighted by Crippen LogP contribution is 2.16. The van der Waals surface area contributed by atoms with Gasteiger partial charge in [0.2, 0.25) is 0 Å². The second kappa shape index (κ2) is 11.2. The fraction of sp³-hybridized carbons (Fsp3) is 0.350. The summed E-state index contributed by atoms with van der Waals surface area (Å²) in [5, 5.41) is 8.95. The largest absolute Gasteiger partial charge is 0.489 e. The van der Waals surface area contributed by atoms with Crippen LogP contribution in [0.4, 0.5) is 0 Å². The fourth-order valence-corrected chi connectivity index (χ4v) is 1.95. The molecule has 0 heterocycles. The third kappa shape index (κ3) is 8.88. The summed E-state index contributed by atoms with van der Waals surface area (Å²) in [6.45, 7) is 0.510. The van der Waals surface area contributed by atoms with Crippen molar-refractivity contribution < 1.29 is 19.4 Å². The second-order valence-corrected chi connectivity index (χ2v) is 6.03. The lowest BCUT2D eigenvalue weighted by Gasteiger charge is -2.11. The Hall–Kier alpha value is -2.37. The molecule has 1 unspecified atom stereocenters. The van der Waals surface area contributed by atoms with Gasteiger partial charge < -0.3 is 19.5 Å². The van der Waals surface area contributed by atoms with E-state index in [4.69, 9.17) is 14.6 Å². The van der Waals surface area contributed by atoms with Crippen molar-refractivity contribution in [2.75, 3.05) is 28.3 Å². The van der Waals surface area contributed by atoms with Gasteiger partial charge in [0.25, 0.3) is 0 Å². The molecule has 0 fully saturated rings. The van der Waals surface area contributed by atoms with Gasteiger partial charge in [-0.25, -0.2) is 4.79 Å². The predicted octanol–water partition coefficient (Wildman–Crippen LogP) is 3.09. The maximum atomic E-state index is 10.9. The summed E-state index contributed by atoms with van der Waals surface area (Å²) in [5.74, 6) is -0.200. The lowest BCUT2D eigenvalue weighted by atomic mass is 10.1. The van der Waals surface area contributed by atoms with Crippen molar-refractivity contribution in [3.8, 4) is 5.75 Å². The number of benzene rings is 2. The number of methoxy groups -OCH3 is 1. The zero-order valence-electron chi connectivity index (χ0n) is 15.3. The molecule has 0 radical (unpaired) electrons. The average molecular weight is 345 g/mol. The van der Waals surface area contributed by atoms with E-state index in [1.165, 1.54) is 7.11 Å². The topological polar surface area (TPSA) is 59.0 Å². The number of hydrogen-bond acceptors (Lipinski definition) is 4. The second-order valence-electron chi connectivity index (χ2n) is 6.03. The number of carboxylic acids is 1. The Balaban J connectivity index is 0.000000705. The van der Waals surface area contributed by atoms with E-state index in [9.17, 15) is 4.79 Å². The third-order valence-electron chi connectivity index (χ3n) is 3.15. The third-order valence-corrected chi connectivity index (χ3v) is 3.15. The molecule has 0 bridgehead atoms. The van der Waals surface area contributed by atoms with Gasteiger partial charge in [-0.05, 0) is 44.4 Å². The molecule has 0 saturated heterocycles. The van der Waals surface area contributed by atoms with Crippen molar-refractivity contribution >= 4 is 5.97 Å². The molecule has 2 aromatic carbocycles. The summed E-state index contributed by atoms with van der Waals surface area (Å²) in [4.78, 5) is 12.9. The van der Waals surface area contributed by atoms with Gasteiger partial charge in [0.15, 0.2) is 6.10 Å². The van der Waals surface area contributed by atoms with Gasteiger partial charge in [-0.1, -0.05) is 42.5 Å². The number of aliphatic carboxylic acids is 1. The van der Waals surface area contributed by atoms with Crippen LogP contribution in [-0.2, 0) is 22.6 Å². The Kier molecular flexibility index (Phi) is 9.29. The highest BCUT2D eigenvalue weighted by atomic mass is 16.5. The molecule has 2 rings (SSSR count). The van der Waals surface area contributed by atoms with E-state index in [2.05, 4.69) is 0 Å². The first-order chi connectivity index (χ1) is 11.9. The molecule has 0 aliphatic rings. The van der Waals surface area contributed by atoms with E-state index in [0.717, 1.165) is 16.9 Å². The van der Waals surface area contributed by atoms with Gasteiger partial charge >= 0.3 is 5.97 Å². The number of carboxylic acid groups (broad SMARTS) is 1. The van der Waals surface area contributed by atoms with Crippen LogP contribution in [0.25, 0.3) is 0 Å². The summed E-state index contributed by atoms with van der Waals surface area (Å²) in [6, 6.07) is 17.3. The average Bonchev–Trinajstić information content (AvgIpc) is 2.59. The molecule has 0 aromatic heterocycles. The highest BCUT2D eigenvalue weighted by Gasteiger charge is 2.16. The van der Waals surface area contributed by atoms with E-state index >= 15 is 0 Å². The van der Waals surface area contributed by atoms with Crippen molar-refractivity contribution in [1.82, 2.24) is 4.90 Å². The van der Waals surface area contributed by atoms with Crippen molar-refractivity contribution in [2.45, 2.75) is 19.1 Å². The van der Waals surface area contributed by atoms with E-state index in [-0.39, 0.29) is 0 Å². The number of carbonyl (C=O) groups is 1. The van der Waals surface area contributed by atoms with Crippen molar-refractivity contribution in [3.05, 3.63) is 65.7 Å². The minimum Gasteiger partial charge on any atom is -0.489 e. The summed E-state index contributed by atoms with van der Waals surface area (Å²) in [5.41, 5.74) is 2.00. The fourth-order valence-electron chi connectivity index (χ4n) is 1.95. The van der Waals surface area contributed by atoms with Gasteiger partial charge in [0.05, 0.1) is 0 Å². The van der Waals surface area contributed by atoms with E-state index in [0.29, 0.717) is 13.0 Å². The molecule has 25 heavy (non-hydrogen) atoms. The molecular weight excluding hydrogens is 318 g/mol. The van der Waals surface area contributed by atoms with Gasteiger partial charge in [-0.2, -0.15) is 0 Å². The molecule has 1 N–H and O–H groups in total. The van der Waals surface area contributed by atoms with Crippen LogP contribution in [0, 0.1) is 0 Å². The van der Waals surface area contributed by atoms with Crippen LogP contribution in [0.1, 0.15) is 11.1 Å². The molecule has 0 spiro atoms. The van der Waals surface area contributed by atoms with E-state index < -0.39 is 12.1 Å². The Morgan fingerprint density at radius 1 is 1.00 bits per heavy atom. The molecule has 1 atom stereocenters. The zero-order valence-corrected chi connectivity index (χ0v) is 15.3. The quantitative estimate of drug-likeness (QED) is 0.836. The van der Waals surface area contributed by atoms with Crippen molar-refractivity contribution in [3.63, 3.8) is 0 Å². The van der Waals surface area contributed by atoms with Gasteiger partial charge in [0.1, 0.15) is 12.4 Å². The summed E-state index contributed by atoms with van der Waals surface area (Å²) in [7, 11) is 7.40. The van der Waals surface area contributed by atoms with Crippen LogP contribution in [-0.4, -0.2) is 50.3 Å². The van der Waals surface area contributed by atoms with Crippen LogP contribution in [0.3, 0.4) is 0 Å². The number of ether oxygens (including phenoxy) is 2. The summed E-state index contributed by atoms with van der Waals surface area (Å²) < 4.78 is 10.6. The number of hydrogen-bond donors (Lipinski definition) is 1. The molecule has 0 amide bonds. The smallest absolute Gasteiger partial charge is 0.333 e. The molecule has 0 saturated carbocycles. The molecule has 0 aliphatic carbocycles. The van der Waals surface area contributed by atoms with Crippen molar-refractivity contribution in [2.24, 2.45) is 0 Å². The van der Waals surface area contributed by atoms with Gasteiger partial charge in [-0.3, -0.25) is 0 Å². The lowest BCUT2D eigenvalue weighted by Crippen LogP contribution is -2.24. The predicted molar refractivity (Wildman–Crippen MR) is 99.0 cm³/mol. The Labute approximate surface area is 149 Å². The maximum absolute atomic E-state index is 10.9. The van der Waals surface area contributed by atoms with E-state index in [1.54, 1.807) is 0 Å². The SMILES string of the molecule is CN(C)C.COC(Cc1ccc(OCc2ccccc2)cc1)C(=O)O. The Bertz CT molecular complexity index is 609. The van der Waals surface area contributed by atoms with Crippen molar-refractivity contribution in [1.29, 1.82) is 0 Å². The molecule has 5 nitrogen and oxygen atoms in total. The van der Waals surface area contributed by atoms with Crippen LogP contribution in [0.15, 0.2) is 54.6 Å². The first-order valence-electron chi connectivity index (χ1n) is 8.04. The van der Waals surface area contributed by atoms with Crippen LogP contribution < -0.4 is 4.74 Å². The van der Waals surface area contributed by atoms with Crippen LogP contribution in [0.5, 0.6) is 5.75 Å². The minimum atomic E-state index is -0.957. The Morgan fingerprint density at radius 2 is 1.56 bits per heavy atom. The molecule has 5 heteroatoms. The molecule has 136 valence electrons. The first kappa shape index (κ1) is 20.7. The number of rotatable bonds is 7. The van der Waals surface area contributed by atoms with Gasteiger partial charge in [0, 0.05) is 13.5 Å².